The molecule has 3 rings (SSSR count). The number of nitrogens with one attached hydrogen (secondary N) is 1. The lowest BCUT2D eigenvalue weighted by molar-refractivity contribution is -0.129. The van der Waals surface area contributed by atoms with E-state index < -0.39 is 5.97 Å². The van der Waals surface area contributed by atoms with Gasteiger partial charge in [0.15, 0.2) is 5.70 Å². The Hall–Kier alpha value is -2.44. The first-order valence-corrected chi connectivity index (χ1v) is 7.86. The Balaban J connectivity index is 1.83. The van der Waals surface area contributed by atoms with E-state index >= 15 is 0 Å². The van der Waals surface area contributed by atoms with Gasteiger partial charge >= 0.3 is 5.97 Å². The molecule has 0 radical (unpaired) electrons. The fraction of sp³-hybridized carbons (Fsp3) is 0.0625. The van der Waals surface area contributed by atoms with Crippen LogP contribution in [0.2, 0.25) is 4.34 Å². The second kappa shape index (κ2) is 6.36. The van der Waals surface area contributed by atoms with Crippen molar-refractivity contribution in [1.82, 2.24) is 0 Å². The van der Waals surface area contributed by atoms with E-state index in [0.29, 0.717) is 15.6 Å². The molecule has 116 valence electrons. The lowest BCUT2D eigenvalue weighted by Gasteiger charge is -2.03. The number of esters is 1. The number of nitrogens with zero attached hydrogens (tertiary/aromatic N) is 1. The largest absolute Gasteiger partial charge is 0.402 e. The lowest BCUT2D eigenvalue weighted by atomic mass is 10.2. The number of benzene rings is 1. The molecule has 1 aromatic heterocycles. The van der Waals surface area contributed by atoms with Gasteiger partial charge in [-0.2, -0.15) is 0 Å². The van der Waals surface area contributed by atoms with Crippen molar-refractivity contribution in [2.45, 2.75) is 6.92 Å². The molecule has 0 unspecified atom stereocenters. The lowest BCUT2D eigenvalue weighted by Crippen LogP contribution is -2.07. The summed E-state index contributed by atoms with van der Waals surface area (Å²) >= 11 is 7.22. The van der Waals surface area contributed by atoms with E-state index in [1.54, 1.807) is 36.4 Å². The van der Waals surface area contributed by atoms with Crippen molar-refractivity contribution in [2.75, 3.05) is 5.32 Å². The van der Waals surface area contributed by atoms with Crippen molar-refractivity contribution < 1.29 is 14.3 Å². The molecule has 1 aromatic carbocycles. The summed E-state index contributed by atoms with van der Waals surface area (Å²) in [4.78, 5) is 27.9. The van der Waals surface area contributed by atoms with Crippen LogP contribution in [0.4, 0.5) is 5.69 Å². The molecule has 7 heteroatoms. The van der Waals surface area contributed by atoms with Crippen LogP contribution in [-0.2, 0) is 14.3 Å². The highest BCUT2D eigenvalue weighted by Crippen LogP contribution is 2.26. The van der Waals surface area contributed by atoms with Crippen LogP contribution in [0.5, 0.6) is 0 Å². The van der Waals surface area contributed by atoms with Crippen LogP contribution in [0.1, 0.15) is 17.4 Å². The first kappa shape index (κ1) is 15.5. The number of hydrogen-bond acceptors (Lipinski definition) is 5. The predicted octanol–water partition coefficient (Wildman–Crippen LogP) is 3.70. The summed E-state index contributed by atoms with van der Waals surface area (Å²) in [6.45, 7) is 1.44. The molecule has 2 aromatic rings. The number of amides is 1. The molecule has 0 atom stereocenters. The fourth-order valence-electron chi connectivity index (χ4n) is 1.97. The SMILES string of the molecule is CC(=O)Nc1ccc(C2=N/C(=C\c3ccc(Cl)s3)C(=O)O2)cc1. The highest BCUT2D eigenvalue weighted by atomic mass is 35.5. The molecule has 0 fully saturated rings. The smallest absolute Gasteiger partial charge is 0.363 e. The molecular formula is C16H11ClN2O3S. The van der Waals surface area contributed by atoms with Gasteiger partial charge < -0.3 is 10.1 Å². The van der Waals surface area contributed by atoms with Gasteiger partial charge in [0.05, 0.1) is 4.34 Å². The Morgan fingerprint density at radius 3 is 2.61 bits per heavy atom. The van der Waals surface area contributed by atoms with Crippen LogP contribution < -0.4 is 5.32 Å². The molecule has 23 heavy (non-hydrogen) atoms. The minimum absolute atomic E-state index is 0.151. The molecule has 2 heterocycles. The zero-order chi connectivity index (χ0) is 16.4. The molecule has 1 aliphatic rings. The summed E-state index contributed by atoms with van der Waals surface area (Å²) in [7, 11) is 0. The number of anilines is 1. The van der Waals surface area contributed by atoms with Crippen LogP contribution >= 0.6 is 22.9 Å². The molecule has 0 bridgehead atoms. The second-order valence-electron chi connectivity index (χ2n) is 4.74. The quantitative estimate of drug-likeness (QED) is 0.680. The summed E-state index contributed by atoms with van der Waals surface area (Å²) in [5, 5.41) is 2.67. The van der Waals surface area contributed by atoms with Gasteiger partial charge in [-0.3, -0.25) is 4.79 Å². The molecule has 1 amide bonds. The van der Waals surface area contributed by atoms with E-state index in [2.05, 4.69) is 10.3 Å². The average molecular weight is 347 g/mol. The van der Waals surface area contributed by atoms with E-state index in [-0.39, 0.29) is 17.5 Å². The van der Waals surface area contributed by atoms with Crippen LogP contribution in [0.15, 0.2) is 47.1 Å². The second-order valence-corrected chi connectivity index (χ2v) is 6.48. The third-order valence-electron chi connectivity index (χ3n) is 2.95. The molecule has 0 saturated carbocycles. The summed E-state index contributed by atoms with van der Waals surface area (Å²) in [6.07, 6.45) is 1.64. The van der Waals surface area contributed by atoms with E-state index in [1.807, 2.05) is 6.07 Å². The van der Waals surface area contributed by atoms with E-state index in [9.17, 15) is 9.59 Å². The summed E-state index contributed by atoms with van der Waals surface area (Å²) in [5.74, 6) is -0.420. The van der Waals surface area contributed by atoms with Crippen molar-refractivity contribution in [3.05, 3.63) is 56.9 Å². The number of cyclic esters (lactones) is 1. The number of aliphatic imine (C=N–C) groups is 1. The maximum Gasteiger partial charge on any atom is 0.363 e. The van der Waals surface area contributed by atoms with Gasteiger partial charge in [0.1, 0.15) is 0 Å². The molecular weight excluding hydrogens is 336 g/mol. The number of hydrogen-bond donors (Lipinski definition) is 1. The van der Waals surface area contributed by atoms with Crippen molar-refractivity contribution in [3.63, 3.8) is 0 Å². The van der Waals surface area contributed by atoms with Gasteiger partial charge in [0.25, 0.3) is 0 Å². The van der Waals surface area contributed by atoms with Gasteiger partial charge in [0.2, 0.25) is 11.8 Å². The number of halogens is 1. The summed E-state index contributed by atoms with van der Waals surface area (Å²) < 4.78 is 5.83. The van der Waals surface area contributed by atoms with Crippen molar-refractivity contribution in [3.8, 4) is 0 Å². The van der Waals surface area contributed by atoms with Crippen LogP contribution in [0, 0.1) is 0 Å². The first-order valence-electron chi connectivity index (χ1n) is 6.67. The number of rotatable bonds is 3. The number of carbonyl (C=O) groups excluding carboxylic acids is 2. The number of ether oxygens (including phenoxy) is 1. The Morgan fingerprint density at radius 2 is 2.00 bits per heavy atom. The monoisotopic (exact) mass is 346 g/mol. The Morgan fingerprint density at radius 1 is 1.26 bits per heavy atom. The van der Waals surface area contributed by atoms with Crippen LogP contribution in [-0.4, -0.2) is 17.8 Å². The highest BCUT2D eigenvalue weighted by Gasteiger charge is 2.24. The van der Waals surface area contributed by atoms with E-state index in [1.165, 1.54) is 18.3 Å². The minimum atomic E-state index is -0.504. The van der Waals surface area contributed by atoms with Crippen LogP contribution in [0.3, 0.4) is 0 Å². The molecule has 0 spiro atoms. The summed E-state index contributed by atoms with van der Waals surface area (Å²) in [6, 6.07) is 10.4. The van der Waals surface area contributed by atoms with Gasteiger partial charge in [-0.05, 0) is 42.5 Å². The van der Waals surface area contributed by atoms with Crippen molar-refractivity contribution in [2.24, 2.45) is 4.99 Å². The van der Waals surface area contributed by atoms with E-state index in [0.717, 1.165) is 4.88 Å². The number of carbonyl (C=O) groups is 2. The number of thiophene rings is 1. The Bertz CT molecular complexity index is 837. The molecule has 0 saturated heterocycles. The highest BCUT2D eigenvalue weighted by molar-refractivity contribution is 7.17. The van der Waals surface area contributed by atoms with Gasteiger partial charge in [-0.15, -0.1) is 11.3 Å². The van der Waals surface area contributed by atoms with Gasteiger partial charge in [-0.1, -0.05) is 11.6 Å². The van der Waals surface area contributed by atoms with Crippen LogP contribution in [0.25, 0.3) is 6.08 Å². The fourth-order valence-corrected chi connectivity index (χ4v) is 2.97. The Labute approximate surface area is 141 Å². The van der Waals surface area contributed by atoms with Gasteiger partial charge in [0, 0.05) is 23.1 Å². The average Bonchev–Trinajstić information content (AvgIpc) is 3.06. The zero-order valence-corrected chi connectivity index (χ0v) is 13.6. The normalized spacial score (nSPS) is 15.5. The van der Waals surface area contributed by atoms with E-state index in [4.69, 9.17) is 16.3 Å². The molecule has 5 nitrogen and oxygen atoms in total. The zero-order valence-electron chi connectivity index (χ0n) is 12.0. The molecule has 1 N–H and O–H groups in total. The maximum atomic E-state index is 11.9. The van der Waals surface area contributed by atoms with Gasteiger partial charge in [-0.25, -0.2) is 9.79 Å². The summed E-state index contributed by atoms with van der Waals surface area (Å²) in [5.41, 5.74) is 1.54. The standard InChI is InChI=1S/C16H11ClN2O3S/c1-9(20)18-11-4-2-10(3-5-11)15-19-13(16(21)22-15)8-12-6-7-14(17)23-12/h2-8H,1H3,(H,18,20)/b13-8-. The maximum absolute atomic E-state index is 11.9. The topological polar surface area (TPSA) is 67.8 Å². The third-order valence-corrected chi connectivity index (χ3v) is 4.12. The minimum Gasteiger partial charge on any atom is -0.402 e. The molecule has 1 aliphatic heterocycles. The first-order chi connectivity index (χ1) is 11.0. The molecule has 0 aliphatic carbocycles. The third kappa shape index (κ3) is 3.67. The van der Waals surface area contributed by atoms with Crippen molar-refractivity contribution >= 4 is 52.5 Å². The Kier molecular flexibility index (Phi) is 4.27. The van der Waals surface area contributed by atoms with Crippen molar-refractivity contribution in [1.29, 1.82) is 0 Å². The predicted molar refractivity (Wildman–Crippen MR) is 90.7 cm³/mol.